The Bertz CT molecular complexity index is 700. The normalized spacial score (nSPS) is 24.2. The van der Waals surface area contributed by atoms with Crippen molar-refractivity contribution in [3.63, 3.8) is 0 Å². The number of aliphatic hydroxyl groups is 2. The Kier molecular flexibility index (Phi) is 9.98. The van der Waals surface area contributed by atoms with E-state index in [0.717, 1.165) is 50.4 Å². The first-order valence-electron chi connectivity index (χ1n) is 11.6. The van der Waals surface area contributed by atoms with Gasteiger partial charge in [-0.05, 0) is 37.1 Å². The van der Waals surface area contributed by atoms with Crippen molar-refractivity contribution < 1.29 is 10.2 Å². The molecule has 4 atom stereocenters. The predicted molar refractivity (Wildman–Crippen MR) is 126 cm³/mol. The molecule has 4 N–H and O–H groups in total. The van der Waals surface area contributed by atoms with Crippen molar-refractivity contribution in [3.05, 3.63) is 60.2 Å². The summed E-state index contributed by atoms with van der Waals surface area (Å²) < 4.78 is 0. The highest BCUT2D eigenvalue weighted by molar-refractivity contribution is 5.15. The molecule has 0 radical (unpaired) electrons. The third-order valence-corrected chi connectivity index (χ3v) is 6.17. The molecule has 2 fully saturated rings. The molecule has 2 aromatic heterocycles. The van der Waals surface area contributed by atoms with Crippen LogP contribution >= 0.6 is 0 Å². The SMILES string of the molecule is C[C@@H]1CN([C@@H](CO)c2cccnc2)CCN1.C[C@@H]1CN([C@H](CO)c2cccnc2)CCN1. The van der Waals surface area contributed by atoms with Crippen molar-refractivity contribution >= 4 is 0 Å². The van der Waals surface area contributed by atoms with Crippen LogP contribution in [0.2, 0.25) is 0 Å². The van der Waals surface area contributed by atoms with Crippen LogP contribution in [0.25, 0.3) is 0 Å². The molecule has 0 unspecified atom stereocenters. The summed E-state index contributed by atoms with van der Waals surface area (Å²) in [6, 6.07) is 9.03. The zero-order chi connectivity index (χ0) is 22.8. The van der Waals surface area contributed by atoms with Crippen LogP contribution in [0.4, 0.5) is 0 Å². The summed E-state index contributed by atoms with van der Waals surface area (Å²) in [6.45, 7) is 10.5. The van der Waals surface area contributed by atoms with E-state index in [1.165, 1.54) is 0 Å². The lowest BCUT2D eigenvalue weighted by molar-refractivity contribution is 0.0959. The lowest BCUT2D eigenvalue weighted by Gasteiger charge is -2.37. The van der Waals surface area contributed by atoms with Crippen molar-refractivity contribution in [1.29, 1.82) is 0 Å². The first-order valence-corrected chi connectivity index (χ1v) is 11.6. The largest absolute Gasteiger partial charge is 0.394 e. The molecule has 2 aromatic rings. The molecule has 0 aromatic carbocycles. The smallest absolute Gasteiger partial charge is 0.0629 e. The Labute approximate surface area is 191 Å². The van der Waals surface area contributed by atoms with Gasteiger partial charge in [0.15, 0.2) is 0 Å². The van der Waals surface area contributed by atoms with Gasteiger partial charge >= 0.3 is 0 Å². The van der Waals surface area contributed by atoms with Gasteiger partial charge in [0.05, 0.1) is 25.3 Å². The number of aliphatic hydroxyl groups excluding tert-OH is 2. The van der Waals surface area contributed by atoms with Gasteiger partial charge in [0.1, 0.15) is 0 Å². The van der Waals surface area contributed by atoms with E-state index in [9.17, 15) is 10.2 Å². The molecule has 8 heteroatoms. The van der Waals surface area contributed by atoms with E-state index in [4.69, 9.17) is 0 Å². The fourth-order valence-corrected chi connectivity index (χ4v) is 4.50. The average molecular weight is 443 g/mol. The van der Waals surface area contributed by atoms with Crippen molar-refractivity contribution in [1.82, 2.24) is 30.4 Å². The van der Waals surface area contributed by atoms with Crippen LogP contribution < -0.4 is 10.6 Å². The number of nitrogens with one attached hydrogen (secondary N) is 2. The molecule has 0 saturated carbocycles. The third kappa shape index (κ3) is 7.03. The number of aromatic nitrogens is 2. The van der Waals surface area contributed by atoms with E-state index in [1.807, 2.05) is 36.7 Å². The van der Waals surface area contributed by atoms with Crippen LogP contribution in [-0.2, 0) is 0 Å². The second-order valence-electron chi connectivity index (χ2n) is 8.67. The van der Waals surface area contributed by atoms with Gasteiger partial charge in [-0.1, -0.05) is 12.1 Å². The lowest BCUT2D eigenvalue weighted by atomic mass is 10.1. The minimum atomic E-state index is 0.0817. The number of pyridine rings is 2. The van der Waals surface area contributed by atoms with Crippen LogP contribution in [0.5, 0.6) is 0 Å². The maximum absolute atomic E-state index is 9.53. The summed E-state index contributed by atoms with van der Waals surface area (Å²) in [7, 11) is 0. The topological polar surface area (TPSA) is 96.8 Å². The van der Waals surface area contributed by atoms with Crippen LogP contribution in [0, 0.1) is 0 Å². The minimum absolute atomic E-state index is 0.0817. The Morgan fingerprint density at radius 3 is 1.59 bits per heavy atom. The minimum Gasteiger partial charge on any atom is -0.394 e. The predicted octanol–water partition coefficient (Wildman–Crippen LogP) is 0.817. The van der Waals surface area contributed by atoms with E-state index >= 15 is 0 Å². The van der Waals surface area contributed by atoms with Crippen LogP contribution in [-0.4, -0.2) is 94.5 Å². The maximum atomic E-state index is 9.53. The van der Waals surface area contributed by atoms with Crippen molar-refractivity contribution in [2.75, 3.05) is 52.5 Å². The summed E-state index contributed by atoms with van der Waals surface area (Å²) in [4.78, 5) is 12.9. The maximum Gasteiger partial charge on any atom is 0.0629 e. The quantitative estimate of drug-likeness (QED) is 0.522. The van der Waals surface area contributed by atoms with Crippen molar-refractivity contribution in [2.45, 2.75) is 38.0 Å². The Balaban J connectivity index is 0.000000181. The fraction of sp³-hybridized carbons (Fsp3) is 0.583. The highest BCUT2D eigenvalue weighted by Crippen LogP contribution is 2.21. The summed E-state index contributed by atoms with van der Waals surface area (Å²) in [5.41, 5.74) is 2.19. The molecule has 0 aliphatic carbocycles. The van der Waals surface area contributed by atoms with Crippen LogP contribution in [0.1, 0.15) is 37.1 Å². The Morgan fingerprint density at radius 1 is 0.844 bits per heavy atom. The number of nitrogens with zero attached hydrogens (tertiary/aromatic N) is 4. The van der Waals surface area contributed by atoms with E-state index in [2.05, 4.69) is 44.2 Å². The molecule has 8 nitrogen and oxygen atoms in total. The standard InChI is InChI=1S/2C12H19N3O/c2*1-10-8-15(6-5-14-10)12(9-16)11-3-2-4-13-7-11/h2*2-4,7,10,12,14,16H,5-6,8-9H2,1H3/t10-,12+;10-,12-/m11/s1. The molecule has 0 bridgehead atoms. The van der Waals surface area contributed by atoms with E-state index < -0.39 is 0 Å². The van der Waals surface area contributed by atoms with Gasteiger partial charge in [-0.2, -0.15) is 0 Å². The summed E-state index contributed by atoms with van der Waals surface area (Å²) in [6.07, 6.45) is 7.21. The summed E-state index contributed by atoms with van der Waals surface area (Å²) >= 11 is 0. The van der Waals surface area contributed by atoms with Crippen LogP contribution in [0.15, 0.2) is 49.1 Å². The fourth-order valence-electron chi connectivity index (χ4n) is 4.50. The Hall–Kier alpha value is -1.94. The monoisotopic (exact) mass is 442 g/mol. The third-order valence-electron chi connectivity index (χ3n) is 6.17. The number of piperazine rings is 2. The van der Waals surface area contributed by atoms with Gasteiger partial charge in [0, 0.05) is 76.1 Å². The van der Waals surface area contributed by atoms with Gasteiger partial charge in [-0.25, -0.2) is 0 Å². The van der Waals surface area contributed by atoms with Gasteiger partial charge in [-0.15, -0.1) is 0 Å². The molecule has 32 heavy (non-hydrogen) atoms. The highest BCUT2D eigenvalue weighted by atomic mass is 16.3. The van der Waals surface area contributed by atoms with Gasteiger partial charge < -0.3 is 20.8 Å². The molecule has 0 spiro atoms. The zero-order valence-corrected chi connectivity index (χ0v) is 19.3. The number of rotatable bonds is 6. The molecule has 4 rings (SSSR count). The molecule has 2 aliphatic heterocycles. The van der Waals surface area contributed by atoms with E-state index in [0.29, 0.717) is 12.1 Å². The zero-order valence-electron chi connectivity index (χ0n) is 19.3. The van der Waals surface area contributed by atoms with E-state index in [1.54, 1.807) is 12.4 Å². The molecule has 0 amide bonds. The van der Waals surface area contributed by atoms with E-state index in [-0.39, 0.29) is 25.3 Å². The van der Waals surface area contributed by atoms with Gasteiger partial charge in [0.2, 0.25) is 0 Å². The van der Waals surface area contributed by atoms with Crippen molar-refractivity contribution in [2.24, 2.45) is 0 Å². The summed E-state index contributed by atoms with van der Waals surface area (Å²) in [5, 5.41) is 25.9. The Morgan fingerprint density at radius 2 is 1.28 bits per heavy atom. The summed E-state index contributed by atoms with van der Waals surface area (Å²) in [5.74, 6) is 0. The van der Waals surface area contributed by atoms with Crippen molar-refractivity contribution in [3.8, 4) is 0 Å². The first kappa shape index (κ1) is 24.7. The number of hydrogen-bond acceptors (Lipinski definition) is 8. The number of hydrogen-bond donors (Lipinski definition) is 4. The average Bonchev–Trinajstić information content (AvgIpc) is 2.82. The molecule has 176 valence electrons. The molecular formula is C24H38N6O2. The first-order chi connectivity index (χ1) is 15.6. The molecule has 4 heterocycles. The lowest BCUT2D eigenvalue weighted by Crippen LogP contribution is -2.50. The van der Waals surface area contributed by atoms with Gasteiger partial charge in [-0.3, -0.25) is 19.8 Å². The second kappa shape index (κ2) is 12.9. The molecule has 2 aliphatic rings. The van der Waals surface area contributed by atoms with Gasteiger partial charge in [0.25, 0.3) is 0 Å². The highest BCUT2D eigenvalue weighted by Gasteiger charge is 2.25. The second-order valence-corrected chi connectivity index (χ2v) is 8.67. The molecule has 2 saturated heterocycles. The van der Waals surface area contributed by atoms with Crippen LogP contribution in [0.3, 0.4) is 0 Å². The molecular weight excluding hydrogens is 404 g/mol.